The summed E-state index contributed by atoms with van der Waals surface area (Å²) in [4.78, 5) is 24.7. The SMILES string of the molecule is CC(=O)[C@@H]1CC2(CN1C(C)=O)SCCS2. The second kappa shape index (κ2) is 4.01. The van der Waals surface area contributed by atoms with Crippen LogP contribution in [0.3, 0.4) is 0 Å². The predicted molar refractivity (Wildman–Crippen MR) is 64.1 cm³/mol. The lowest BCUT2D eigenvalue weighted by Crippen LogP contribution is -2.38. The molecule has 0 unspecified atom stereocenters. The Kier molecular flexibility index (Phi) is 3.03. The summed E-state index contributed by atoms with van der Waals surface area (Å²) in [7, 11) is 0. The molecule has 0 bridgehead atoms. The van der Waals surface area contributed by atoms with Gasteiger partial charge in [-0.25, -0.2) is 0 Å². The van der Waals surface area contributed by atoms with Gasteiger partial charge in [0.2, 0.25) is 5.91 Å². The van der Waals surface area contributed by atoms with Crippen molar-refractivity contribution in [3.63, 3.8) is 0 Å². The van der Waals surface area contributed by atoms with Crippen LogP contribution in [0.4, 0.5) is 0 Å². The fourth-order valence-corrected chi connectivity index (χ4v) is 5.50. The molecule has 0 aliphatic carbocycles. The van der Waals surface area contributed by atoms with Gasteiger partial charge in [-0.1, -0.05) is 0 Å². The number of hydrogen-bond donors (Lipinski definition) is 0. The third-order valence-electron chi connectivity index (χ3n) is 2.98. The number of hydrogen-bond acceptors (Lipinski definition) is 4. The summed E-state index contributed by atoms with van der Waals surface area (Å²) in [6.07, 6.45) is 0.831. The first kappa shape index (κ1) is 11.3. The number of carbonyl (C=O) groups excluding carboxylic acids is 2. The molecule has 0 radical (unpaired) electrons. The minimum atomic E-state index is -0.180. The van der Waals surface area contributed by atoms with Crippen molar-refractivity contribution in [2.75, 3.05) is 18.1 Å². The quantitative estimate of drug-likeness (QED) is 0.699. The molecule has 2 saturated heterocycles. The standard InChI is InChI=1S/C10H15NO2S2/c1-7(12)9-5-10(14-3-4-15-10)6-11(9)8(2)13/h9H,3-6H2,1-2H3/t9-/m0/s1. The number of Topliss-reactive ketones (excluding diaryl/α,β-unsaturated/α-hetero) is 1. The maximum Gasteiger partial charge on any atom is 0.220 e. The van der Waals surface area contributed by atoms with Crippen molar-refractivity contribution in [1.29, 1.82) is 0 Å². The first-order valence-electron chi connectivity index (χ1n) is 5.10. The summed E-state index contributed by atoms with van der Waals surface area (Å²) in [6, 6.07) is -0.180. The van der Waals surface area contributed by atoms with Gasteiger partial charge in [0.05, 0.1) is 10.1 Å². The minimum Gasteiger partial charge on any atom is -0.331 e. The van der Waals surface area contributed by atoms with E-state index in [-0.39, 0.29) is 21.8 Å². The number of carbonyl (C=O) groups is 2. The van der Waals surface area contributed by atoms with E-state index >= 15 is 0 Å². The van der Waals surface area contributed by atoms with Crippen molar-refractivity contribution in [3.8, 4) is 0 Å². The molecule has 3 nitrogen and oxygen atoms in total. The molecule has 0 aromatic heterocycles. The zero-order valence-electron chi connectivity index (χ0n) is 8.99. The lowest BCUT2D eigenvalue weighted by atomic mass is 10.1. The molecule has 5 heteroatoms. The summed E-state index contributed by atoms with van der Waals surface area (Å²) in [5.41, 5.74) is 0. The molecule has 2 rings (SSSR count). The Balaban J connectivity index is 2.18. The summed E-state index contributed by atoms with van der Waals surface area (Å²) in [5.74, 6) is 2.43. The monoisotopic (exact) mass is 245 g/mol. The van der Waals surface area contributed by atoms with Crippen molar-refractivity contribution in [2.45, 2.75) is 30.4 Å². The largest absolute Gasteiger partial charge is 0.331 e. The molecule has 1 atom stereocenters. The van der Waals surface area contributed by atoms with Crippen LogP contribution in [0, 0.1) is 0 Å². The smallest absolute Gasteiger partial charge is 0.220 e. The van der Waals surface area contributed by atoms with Crippen LogP contribution in [0.1, 0.15) is 20.3 Å². The molecule has 0 aromatic rings. The van der Waals surface area contributed by atoms with Gasteiger partial charge in [0, 0.05) is 31.4 Å². The average Bonchev–Trinajstić information content (AvgIpc) is 2.74. The van der Waals surface area contributed by atoms with E-state index in [9.17, 15) is 9.59 Å². The van der Waals surface area contributed by atoms with E-state index in [1.807, 2.05) is 23.5 Å². The zero-order valence-corrected chi connectivity index (χ0v) is 10.6. The number of amides is 1. The molecule has 2 fully saturated rings. The Morgan fingerprint density at radius 1 is 1.27 bits per heavy atom. The van der Waals surface area contributed by atoms with Crippen molar-refractivity contribution in [2.24, 2.45) is 0 Å². The van der Waals surface area contributed by atoms with Crippen LogP contribution in [0.2, 0.25) is 0 Å². The molecule has 0 aromatic carbocycles. The van der Waals surface area contributed by atoms with E-state index < -0.39 is 0 Å². The summed E-state index contributed by atoms with van der Waals surface area (Å²) in [6.45, 7) is 3.88. The van der Waals surface area contributed by atoms with E-state index in [1.165, 1.54) is 0 Å². The molecular formula is C10H15NO2S2. The summed E-state index contributed by atoms with van der Waals surface area (Å²) in [5, 5.41) is 0. The number of ketones is 1. The third-order valence-corrected chi connectivity index (χ3v) is 6.40. The molecule has 0 saturated carbocycles. The minimum absolute atomic E-state index is 0.0279. The Morgan fingerprint density at radius 3 is 2.27 bits per heavy atom. The first-order valence-corrected chi connectivity index (χ1v) is 7.07. The van der Waals surface area contributed by atoms with Gasteiger partial charge in [0.1, 0.15) is 0 Å². The fraction of sp³-hybridized carbons (Fsp3) is 0.800. The van der Waals surface area contributed by atoms with E-state index in [0.29, 0.717) is 0 Å². The van der Waals surface area contributed by atoms with E-state index in [4.69, 9.17) is 0 Å². The van der Waals surface area contributed by atoms with Gasteiger partial charge < -0.3 is 4.90 Å². The molecule has 15 heavy (non-hydrogen) atoms. The first-order chi connectivity index (χ1) is 7.04. The molecule has 1 amide bonds. The lowest BCUT2D eigenvalue weighted by molar-refractivity contribution is -0.135. The van der Waals surface area contributed by atoms with Gasteiger partial charge in [-0.15, -0.1) is 23.5 Å². The van der Waals surface area contributed by atoms with Crippen LogP contribution in [0.25, 0.3) is 0 Å². The molecule has 1 spiro atoms. The van der Waals surface area contributed by atoms with E-state index in [2.05, 4.69) is 0 Å². The highest BCUT2D eigenvalue weighted by Crippen LogP contribution is 2.51. The number of likely N-dealkylation sites (tertiary alicyclic amines) is 1. The average molecular weight is 245 g/mol. The van der Waals surface area contributed by atoms with Crippen LogP contribution in [-0.4, -0.2) is 44.8 Å². The number of thioether (sulfide) groups is 2. The molecule has 2 aliphatic heterocycles. The fourth-order valence-electron chi connectivity index (χ4n) is 2.24. The van der Waals surface area contributed by atoms with Gasteiger partial charge in [0.25, 0.3) is 0 Å². The van der Waals surface area contributed by atoms with Gasteiger partial charge >= 0.3 is 0 Å². The number of rotatable bonds is 1. The highest BCUT2D eigenvalue weighted by Gasteiger charge is 2.49. The third kappa shape index (κ3) is 2.04. The molecule has 2 heterocycles. The Hall–Kier alpha value is -0.160. The summed E-state index contributed by atoms with van der Waals surface area (Å²) < 4.78 is 0.113. The van der Waals surface area contributed by atoms with Crippen LogP contribution in [-0.2, 0) is 9.59 Å². The van der Waals surface area contributed by atoms with Gasteiger partial charge in [-0.05, 0) is 6.92 Å². The van der Waals surface area contributed by atoms with Gasteiger partial charge in [-0.3, -0.25) is 9.59 Å². The maximum atomic E-state index is 11.5. The van der Waals surface area contributed by atoms with Crippen molar-refractivity contribution in [1.82, 2.24) is 4.90 Å². The van der Waals surface area contributed by atoms with Gasteiger partial charge in [-0.2, -0.15) is 0 Å². The predicted octanol–water partition coefficient (Wildman–Crippen LogP) is 1.37. The van der Waals surface area contributed by atoms with Crippen LogP contribution < -0.4 is 0 Å². The Labute approximate surface area is 98.3 Å². The summed E-state index contributed by atoms with van der Waals surface area (Å²) >= 11 is 3.82. The van der Waals surface area contributed by atoms with Crippen LogP contribution in [0.15, 0.2) is 0 Å². The normalized spacial score (nSPS) is 28.7. The van der Waals surface area contributed by atoms with Crippen molar-refractivity contribution in [3.05, 3.63) is 0 Å². The Morgan fingerprint density at radius 2 is 1.87 bits per heavy atom. The zero-order chi connectivity index (χ0) is 11.1. The van der Waals surface area contributed by atoms with Crippen molar-refractivity contribution < 1.29 is 9.59 Å². The molecule has 0 N–H and O–H groups in total. The van der Waals surface area contributed by atoms with E-state index in [0.717, 1.165) is 24.5 Å². The van der Waals surface area contributed by atoms with Crippen LogP contribution >= 0.6 is 23.5 Å². The highest BCUT2D eigenvalue weighted by molar-refractivity contribution is 8.21. The van der Waals surface area contributed by atoms with Crippen LogP contribution in [0.5, 0.6) is 0 Å². The highest BCUT2D eigenvalue weighted by atomic mass is 32.2. The number of nitrogens with zero attached hydrogens (tertiary/aromatic N) is 1. The lowest BCUT2D eigenvalue weighted by Gasteiger charge is -2.21. The van der Waals surface area contributed by atoms with E-state index in [1.54, 1.807) is 18.7 Å². The second-order valence-corrected chi connectivity index (χ2v) is 7.30. The Bertz CT molecular complexity index is 276. The molecule has 84 valence electrons. The maximum absolute atomic E-state index is 11.5. The van der Waals surface area contributed by atoms with Gasteiger partial charge in [0.15, 0.2) is 5.78 Å². The second-order valence-electron chi connectivity index (χ2n) is 4.09. The molecule has 2 aliphatic rings. The molecular weight excluding hydrogens is 230 g/mol. The van der Waals surface area contributed by atoms with Crippen molar-refractivity contribution >= 4 is 35.2 Å². The topological polar surface area (TPSA) is 37.4 Å².